The number of ether oxygens (including phenoxy) is 1. The maximum absolute atomic E-state index is 13.8. The third-order valence-electron chi connectivity index (χ3n) is 3.79. The Morgan fingerprint density at radius 1 is 1.22 bits per heavy atom. The minimum atomic E-state index is -0.544. The van der Waals surface area contributed by atoms with Gasteiger partial charge in [-0.25, -0.2) is 13.6 Å². The average Bonchev–Trinajstić information content (AvgIpc) is 3.27. The summed E-state index contributed by atoms with van der Waals surface area (Å²) < 4.78 is 32.8. The zero-order chi connectivity index (χ0) is 19.3. The zero-order valence-corrected chi connectivity index (χ0v) is 18.3. The fourth-order valence-corrected chi connectivity index (χ4v) is 2.57. The molecule has 0 radical (unpaired) electrons. The summed E-state index contributed by atoms with van der Waals surface area (Å²) in [4.78, 5) is 15.6. The molecule has 152 valence electrons. The highest BCUT2D eigenvalue weighted by Gasteiger charge is 2.42. The lowest BCUT2D eigenvalue weighted by Crippen LogP contribution is -2.43. The Hall–Kier alpha value is -1.65. The Morgan fingerprint density at radius 3 is 2.37 bits per heavy atom. The fraction of sp³-hybridized carbons (Fsp3) is 0.556. The molecule has 0 bridgehead atoms. The molecule has 0 spiro atoms. The predicted molar refractivity (Wildman–Crippen MR) is 112 cm³/mol. The molecule has 2 rings (SSSR count). The molecule has 9 heteroatoms. The van der Waals surface area contributed by atoms with Crippen molar-refractivity contribution in [3.8, 4) is 0 Å². The standard InChI is InChI=1S/C18H26F2N4O2.HI/c1-18(2,3)26-17(25)23-9-8-22-16(21-4)24-14-10-11(14)15-12(19)6-5-7-13(15)20;/h5-7,11,14H,8-10H2,1-4H3,(H,23,25)(H2,21,22,24);1H. The Morgan fingerprint density at radius 2 is 1.81 bits per heavy atom. The van der Waals surface area contributed by atoms with Gasteiger partial charge in [0, 0.05) is 37.7 Å². The summed E-state index contributed by atoms with van der Waals surface area (Å²) >= 11 is 0. The Kier molecular flexibility index (Phi) is 8.70. The molecule has 27 heavy (non-hydrogen) atoms. The van der Waals surface area contributed by atoms with Crippen LogP contribution in [0.5, 0.6) is 0 Å². The first kappa shape index (κ1) is 23.4. The first-order chi connectivity index (χ1) is 12.2. The molecule has 1 aromatic carbocycles. The molecule has 3 N–H and O–H groups in total. The van der Waals surface area contributed by atoms with Crippen molar-refractivity contribution in [2.45, 2.75) is 44.8 Å². The normalized spacial score (nSPS) is 19.0. The van der Waals surface area contributed by atoms with E-state index < -0.39 is 23.3 Å². The summed E-state index contributed by atoms with van der Waals surface area (Å²) in [6, 6.07) is 3.82. The van der Waals surface area contributed by atoms with E-state index in [0.717, 1.165) is 0 Å². The molecule has 0 saturated heterocycles. The number of hydrogen-bond donors (Lipinski definition) is 3. The van der Waals surface area contributed by atoms with Crippen LogP contribution in [0.25, 0.3) is 0 Å². The molecule has 2 atom stereocenters. The van der Waals surface area contributed by atoms with Crippen molar-refractivity contribution >= 4 is 36.0 Å². The molecule has 0 aliphatic heterocycles. The van der Waals surface area contributed by atoms with Gasteiger partial charge in [-0.2, -0.15) is 0 Å². The van der Waals surface area contributed by atoms with Crippen LogP contribution in [0.3, 0.4) is 0 Å². The largest absolute Gasteiger partial charge is 0.444 e. The fourth-order valence-electron chi connectivity index (χ4n) is 2.57. The van der Waals surface area contributed by atoms with E-state index in [4.69, 9.17) is 4.74 Å². The molecule has 1 aliphatic rings. The first-order valence-electron chi connectivity index (χ1n) is 8.59. The number of rotatable bonds is 5. The maximum atomic E-state index is 13.8. The molecular formula is C18H27F2IN4O2. The molecular weight excluding hydrogens is 469 g/mol. The van der Waals surface area contributed by atoms with Gasteiger partial charge in [0.2, 0.25) is 0 Å². The van der Waals surface area contributed by atoms with E-state index in [1.165, 1.54) is 18.2 Å². The van der Waals surface area contributed by atoms with Crippen LogP contribution in [-0.2, 0) is 4.74 Å². The molecule has 2 unspecified atom stereocenters. The van der Waals surface area contributed by atoms with Crippen LogP contribution in [0.2, 0.25) is 0 Å². The van der Waals surface area contributed by atoms with E-state index in [1.54, 1.807) is 27.8 Å². The Labute approximate surface area is 175 Å². The van der Waals surface area contributed by atoms with Gasteiger partial charge in [-0.15, -0.1) is 24.0 Å². The monoisotopic (exact) mass is 496 g/mol. The number of nitrogens with one attached hydrogen (secondary N) is 3. The van der Waals surface area contributed by atoms with Crippen molar-refractivity contribution in [3.05, 3.63) is 35.4 Å². The number of nitrogens with zero attached hydrogens (tertiary/aromatic N) is 1. The van der Waals surface area contributed by atoms with Crippen LogP contribution < -0.4 is 16.0 Å². The van der Waals surface area contributed by atoms with Crippen LogP contribution in [0, 0.1) is 11.6 Å². The van der Waals surface area contributed by atoms with Gasteiger partial charge < -0.3 is 20.7 Å². The van der Waals surface area contributed by atoms with Crippen molar-refractivity contribution in [1.29, 1.82) is 0 Å². The van der Waals surface area contributed by atoms with Gasteiger partial charge in [0.1, 0.15) is 17.2 Å². The van der Waals surface area contributed by atoms with Crippen molar-refractivity contribution in [1.82, 2.24) is 16.0 Å². The second-order valence-corrected chi connectivity index (χ2v) is 7.16. The summed E-state index contributed by atoms with van der Waals surface area (Å²) in [6.45, 7) is 6.17. The molecule has 1 amide bonds. The number of carbonyl (C=O) groups excluding carboxylic acids is 1. The smallest absolute Gasteiger partial charge is 0.407 e. The molecule has 1 aromatic rings. The number of hydrogen-bond acceptors (Lipinski definition) is 3. The third kappa shape index (κ3) is 7.47. The summed E-state index contributed by atoms with van der Waals surface area (Å²) in [6.07, 6.45) is 0.147. The van der Waals surface area contributed by atoms with Crippen LogP contribution in [0.1, 0.15) is 38.7 Å². The van der Waals surface area contributed by atoms with Gasteiger partial charge in [0.05, 0.1) is 0 Å². The van der Waals surface area contributed by atoms with Crippen molar-refractivity contribution in [2.75, 3.05) is 20.1 Å². The number of guanidine groups is 1. The molecule has 0 aromatic heterocycles. The van der Waals surface area contributed by atoms with Crippen molar-refractivity contribution < 1.29 is 18.3 Å². The zero-order valence-electron chi connectivity index (χ0n) is 15.9. The van der Waals surface area contributed by atoms with Crippen LogP contribution in [-0.4, -0.2) is 43.8 Å². The highest BCUT2D eigenvalue weighted by Crippen LogP contribution is 2.42. The van der Waals surface area contributed by atoms with Crippen molar-refractivity contribution in [2.24, 2.45) is 4.99 Å². The minimum Gasteiger partial charge on any atom is -0.444 e. The topological polar surface area (TPSA) is 74.8 Å². The second kappa shape index (κ2) is 10.0. The first-order valence-corrected chi connectivity index (χ1v) is 8.59. The summed E-state index contributed by atoms with van der Waals surface area (Å²) in [5, 5.41) is 8.80. The maximum Gasteiger partial charge on any atom is 0.407 e. The predicted octanol–water partition coefficient (Wildman–Crippen LogP) is 3.13. The number of amides is 1. The molecule has 6 nitrogen and oxygen atoms in total. The van der Waals surface area contributed by atoms with Gasteiger partial charge >= 0.3 is 6.09 Å². The van der Waals surface area contributed by atoms with E-state index in [0.29, 0.717) is 25.5 Å². The van der Waals surface area contributed by atoms with Crippen LogP contribution >= 0.6 is 24.0 Å². The summed E-state index contributed by atoms with van der Waals surface area (Å²) in [5.74, 6) is -0.748. The summed E-state index contributed by atoms with van der Waals surface area (Å²) in [5.41, 5.74) is -0.426. The minimum absolute atomic E-state index is 0. The van der Waals surface area contributed by atoms with Gasteiger partial charge in [-0.05, 0) is 39.3 Å². The number of aliphatic imine (C=N–C) groups is 1. The van der Waals surface area contributed by atoms with Crippen LogP contribution in [0.15, 0.2) is 23.2 Å². The lowest BCUT2D eigenvalue weighted by Gasteiger charge is -2.20. The number of benzene rings is 1. The van der Waals surface area contributed by atoms with E-state index in [9.17, 15) is 13.6 Å². The third-order valence-corrected chi connectivity index (χ3v) is 3.79. The second-order valence-electron chi connectivity index (χ2n) is 7.16. The van der Waals surface area contributed by atoms with E-state index >= 15 is 0 Å². The Balaban J connectivity index is 0.00000364. The van der Waals surface area contributed by atoms with Gasteiger partial charge in [0.15, 0.2) is 5.96 Å². The molecule has 0 heterocycles. The highest BCUT2D eigenvalue weighted by molar-refractivity contribution is 14.0. The van der Waals surface area contributed by atoms with Crippen LogP contribution in [0.4, 0.5) is 13.6 Å². The summed E-state index contributed by atoms with van der Waals surface area (Å²) in [7, 11) is 1.61. The number of halogens is 3. The van der Waals surface area contributed by atoms with Crippen molar-refractivity contribution in [3.63, 3.8) is 0 Å². The number of carbonyl (C=O) groups is 1. The number of alkyl carbamates (subject to hydrolysis) is 1. The molecule has 1 saturated carbocycles. The lowest BCUT2D eigenvalue weighted by molar-refractivity contribution is 0.0529. The van der Waals surface area contributed by atoms with E-state index in [-0.39, 0.29) is 41.5 Å². The quantitative estimate of drug-likeness (QED) is 0.254. The highest BCUT2D eigenvalue weighted by atomic mass is 127. The van der Waals surface area contributed by atoms with Gasteiger partial charge in [-0.3, -0.25) is 4.99 Å². The van der Waals surface area contributed by atoms with Gasteiger partial charge in [0.25, 0.3) is 0 Å². The SMILES string of the molecule is CN=C(NCCNC(=O)OC(C)(C)C)NC1CC1c1c(F)cccc1F.I. The van der Waals surface area contributed by atoms with Gasteiger partial charge in [-0.1, -0.05) is 6.07 Å². The Bertz CT molecular complexity index is 660. The van der Waals surface area contributed by atoms with E-state index in [2.05, 4.69) is 20.9 Å². The molecule has 1 aliphatic carbocycles. The molecule has 1 fully saturated rings. The lowest BCUT2D eigenvalue weighted by atomic mass is 10.1. The average molecular weight is 496 g/mol. The van der Waals surface area contributed by atoms with E-state index in [1.807, 2.05) is 0 Å².